The Bertz CT molecular complexity index is 233. The van der Waals surface area contributed by atoms with Crippen molar-refractivity contribution in [1.82, 2.24) is 10.2 Å². The Hall–Kier alpha value is -0.770. The molecule has 1 N–H and O–H groups in total. The molecule has 1 aliphatic heterocycles. The average Bonchev–Trinajstić information content (AvgIpc) is 2.23. The van der Waals surface area contributed by atoms with Gasteiger partial charge in [0.2, 0.25) is 0 Å². The van der Waals surface area contributed by atoms with E-state index in [9.17, 15) is 4.79 Å². The molecule has 0 aromatic carbocycles. The molecule has 0 aromatic heterocycles. The first-order chi connectivity index (χ1) is 7.58. The number of alkyl carbamates (subject to hydrolysis) is 1. The highest BCUT2D eigenvalue weighted by Crippen LogP contribution is 2.23. The van der Waals surface area contributed by atoms with Crippen LogP contribution in [0.1, 0.15) is 46.0 Å². The highest BCUT2D eigenvalue weighted by atomic mass is 16.5. The molecular formula is C12H24N2O2. The molecule has 0 spiro atoms. The van der Waals surface area contributed by atoms with E-state index in [2.05, 4.69) is 24.1 Å². The van der Waals surface area contributed by atoms with Crippen molar-refractivity contribution >= 4 is 6.09 Å². The van der Waals surface area contributed by atoms with Gasteiger partial charge in [0, 0.05) is 6.54 Å². The Morgan fingerprint density at radius 3 is 2.88 bits per heavy atom. The quantitative estimate of drug-likeness (QED) is 0.751. The highest BCUT2D eigenvalue weighted by Gasteiger charge is 2.33. The number of hydrogen-bond acceptors (Lipinski definition) is 3. The summed E-state index contributed by atoms with van der Waals surface area (Å²) in [4.78, 5) is 13.8. The first kappa shape index (κ1) is 13.3. The van der Waals surface area contributed by atoms with Crippen molar-refractivity contribution < 1.29 is 9.53 Å². The summed E-state index contributed by atoms with van der Waals surface area (Å²) in [6.45, 7) is 5.69. The fourth-order valence-corrected chi connectivity index (χ4v) is 1.98. The van der Waals surface area contributed by atoms with Crippen molar-refractivity contribution in [2.75, 3.05) is 20.2 Å². The number of nitrogens with zero attached hydrogens (tertiary/aromatic N) is 1. The van der Waals surface area contributed by atoms with Gasteiger partial charge in [-0.2, -0.15) is 0 Å². The maximum atomic E-state index is 11.6. The zero-order chi connectivity index (χ0) is 12.0. The van der Waals surface area contributed by atoms with Crippen molar-refractivity contribution in [1.29, 1.82) is 0 Å². The molecular weight excluding hydrogens is 204 g/mol. The van der Waals surface area contributed by atoms with Crippen LogP contribution in [0.3, 0.4) is 0 Å². The van der Waals surface area contributed by atoms with E-state index < -0.39 is 0 Å². The van der Waals surface area contributed by atoms with Crippen molar-refractivity contribution in [2.24, 2.45) is 0 Å². The van der Waals surface area contributed by atoms with E-state index in [4.69, 9.17) is 4.74 Å². The van der Waals surface area contributed by atoms with Crippen LogP contribution in [0.25, 0.3) is 0 Å². The predicted octanol–water partition coefficient (Wildman–Crippen LogP) is 2.34. The van der Waals surface area contributed by atoms with Crippen LogP contribution >= 0.6 is 0 Å². The van der Waals surface area contributed by atoms with Gasteiger partial charge in [-0.05, 0) is 39.7 Å². The van der Waals surface area contributed by atoms with Gasteiger partial charge in [-0.3, -0.25) is 4.90 Å². The predicted molar refractivity (Wildman–Crippen MR) is 64.3 cm³/mol. The third-order valence-corrected chi connectivity index (χ3v) is 3.35. The second-order valence-corrected chi connectivity index (χ2v) is 4.77. The molecule has 1 aliphatic rings. The van der Waals surface area contributed by atoms with Crippen LogP contribution in [0.5, 0.6) is 0 Å². The second-order valence-electron chi connectivity index (χ2n) is 4.77. The van der Waals surface area contributed by atoms with E-state index in [1.165, 1.54) is 6.42 Å². The zero-order valence-corrected chi connectivity index (χ0v) is 10.7. The third kappa shape index (κ3) is 3.67. The molecule has 0 saturated carbocycles. The van der Waals surface area contributed by atoms with Crippen LogP contribution in [-0.4, -0.2) is 36.9 Å². The van der Waals surface area contributed by atoms with Gasteiger partial charge in [-0.25, -0.2) is 4.79 Å². The van der Waals surface area contributed by atoms with Crippen molar-refractivity contribution in [3.05, 3.63) is 0 Å². The summed E-state index contributed by atoms with van der Waals surface area (Å²) in [6.07, 6.45) is 5.05. The largest absolute Gasteiger partial charge is 0.450 e. The first-order valence-electron chi connectivity index (χ1n) is 6.24. The van der Waals surface area contributed by atoms with Crippen molar-refractivity contribution in [2.45, 2.75) is 51.6 Å². The molecule has 0 radical (unpaired) electrons. The first-order valence-corrected chi connectivity index (χ1v) is 6.24. The summed E-state index contributed by atoms with van der Waals surface area (Å²) < 4.78 is 5.12. The summed E-state index contributed by atoms with van der Waals surface area (Å²) >= 11 is 0. The van der Waals surface area contributed by atoms with Crippen LogP contribution in [-0.2, 0) is 4.74 Å². The summed E-state index contributed by atoms with van der Waals surface area (Å²) in [5.41, 5.74) is -0.235. The number of ether oxygens (including phenoxy) is 1. The monoisotopic (exact) mass is 228 g/mol. The molecule has 1 atom stereocenters. The molecule has 1 saturated heterocycles. The average molecular weight is 228 g/mol. The van der Waals surface area contributed by atoms with Gasteiger partial charge < -0.3 is 10.1 Å². The lowest BCUT2D eigenvalue weighted by Crippen LogP contribution is -2.59. The van der Waals surface area contributed by atoms with Crippen LogP contribution < -0.4 is 5.32 Å². The number of carbonyl (C=O) groups excluding carboxylic acids is 1. The van der Waals surface area contributed by atoms with Gasteiger partial charge in [0.05, 0.1) is 12.3 Å². The minimum atomic E-state index is -0.287. The molecule has 94 valence electrons. The maximum Gasteiger partial charge on any atom is 0.408 e. The molecule has 1 amide bonds. The molecule has 0 aliphatic carbocycles. The minimum absolute atomic E-state index is 0.235. The van der Waals surface area contributed by atoms with Crippen LogP contribution in [0, 0.1) is 0 Å². The summed E-state index contributed by atoms with van der Waals surface area (Å²) in [5.74, 6) is 0. The minimum Gasteiger partial charge on any atom is -0.450 e. The second kappa shape index (κ2) is 6.09. The summed E-state index contributed by atoms with van der Waals surface area (Å²) in [5, 5.41) is 2.97. The number of carbonyl (C=O) groups is 1. The number of unbranched alkanes of at least 4 members (excludes halogenated alkanes) is 1. The molecule has 16 heavy (non-hydrogen) atoms. The van der Waals surface area contributed by atoms with E-state index in [1.807, 2.05) is 7.05 Å². The smallest absolute Gasteiger partial charge is 0.408 e. The normalized spacial score (nSPS) is 26.4. The van der Waals surface area contributed by atoms with Gasteiger partial charge in [0.15, 0.2) is 0 Å². The number of piperidine rings is 1. The maximum absolute atomic E-state index is 11.6. The van der Waals surface area contributed by atoms with E-state index >= 15 is 0 Å². The number of amides is 1. The van der Waals surface area contributed by atoms with Gasteiger partial charge in [-0.1, -0.05) is 13.3 Å². The lowest BCUT2D eigenvalue weighted by atomic mass is 9.98. The Kier molecular flexibility index (Phi) is 5.06. The van der Waals surface area contributed by atoms with Gasteiger partial charge in [0.25, 0.3) is 0 Å². The van der Waals surface area contributed by atoms with Crippen molar-refractivity contribution in [3.8, 4) is 0 Å². The molecule has 0 aromatic rings. The Morgan fingerprint density at radius 2 is 2.25 bits per heavy atom. The molecule has 0 bridgehead atoms. The molecule has 1 rings (SSSR count). The van der Waals surface area contributed by atoms with Gasteiger partial charge in [0.1, 0.15) is 0 Å². The fourth-order valence-electron chi connectivity index (χ4n) is 1.98. The third-order valence-electron chi connectivity index (χ3n) is 3.35. The number of nitrogens with one attached hydrogen (secondary N) is 1. The highest BCUT2D eigenvalue weighted by molar-refractivity contribution is 5.68. The fraction of sp³-hybridized carbons (Fsp3) is 0.917. The zero-order valence-electron chi connectivity index (χ0n) is 10.7. The van der Waals surface area contributed by atoms with Gasteiger partial charge in [-0.15, -0.1) is 0 Å². The molecule has 1 heterocycles. The molecule has 4 nitrogen and oxygen atoms in total. The van der Waals surface area contributed by atoms with Crippen LogP contribution in [0.15, 0.2) is 0 Å². The molecule has 4 heteroatoms. The van der Waals surface area contributed by atoms with Crippen LogP contribution in [0.4, 0.5) is 4.79 Å². The summed E-state index contributed by atoms with van der Waals surface area (Å²) in [7, 11) is 2.05. The lowest BCUT2D eigenvalue weighted by Gasteiger charge is -2.42. The van der Waals surface area contributed by atoms with Crippen molar-refractivity contribution in [3.63, 3.8) is 0 Å². The number of rotatable bonds is 4. The van der Waals surface area contributed by atoms with E-state index in [1.54, 1.807) is 0 Å². The Morgan fingerprint density at radius 1 is 1.50 bits per heavy atom. The van der Waals surface area contributed by atoms with Gasteiger partial charge >= 0.3 is 6.09 Å². The van der Waals surface area contributed by atoms with E-state index in [0.29, 0.717) is 6.61 Å². The van der Waals surface area contributed by atoms with Crippen LogP contribution in [0.2, 0.25) is 0 Å². The number of hydrogen-bond donors (Lipinski definition) is 1. The Balaban J connectivity index is 2.35. The Labute approximate surface area is 98.3 Å². The molecule has 1 unspecified atom stereocenters. The molecule has 1 fully saturated rings. The SMILES string of the molecule is CCCCOC(=O)NC1(C)CCCCN1C. The topological polar surface area (TPSA) is 41.6 Å². The van der Waals surface area contributed by atoms with E-state index in [0.717, 1.165) is 32.2 Å². The lowest BCUT2D eigenvalue weighted by molar-refractivity contribution is 0.0474. The standard InChI is InChI=1S/C12H24N2O2/c1-4-5-10-16-11(15)13-12(2)8-6-7-9-14(12)3/h4-10H2,1-3H3,(H,13,15). The summed E-state index contributed by atoms with van der Waals surface area (Å²) in [6, 6.07) is 0. The number of likely N-dealkylation sites (tertiary alicyclic amines) is 1. The van der Waals surface area contributed by atoms with E-state index in [-0.39, 0.29) is 11.8 Å².